The third kappa shape index (κ3) is 6.45. The van der Waals surface area contributed by atoms with E-state index in [1.165, 1.54) is 6.21 Å². The fraction of sp³-hybridized carbons (Fsp3) is 0.150. The molecule has 1 heterocycles. The highest BCUT2D eigenvalue weighted by atomic mass is 32.2. The lowest BCUT2D eigenvalue weighted by atomic mass is 10.2. The number of carbonyl (C=O) groups excluding carboxylic acids is 2. The van der Waals surface area contributed by atoms with Crippen molar-refractivity contribution in [2.24, 2.45) is 10.2 Å². The van der Waals surface area contributed by atoms with E-state index in [0.29, 0.717) is 22.2 Å². The van der Waals surface area contributed by atoms with E-state index < -0.39 is 17.8 Å². The normalized spacial score (nSPS) is 17.1. The molecular weight excluding hydrogens is 408 g/mol. The molecule has 2 amide bonds. The fourth-order valence-electron chi connectivity index (χ4n) is 2.47. The number of carboxylic acid groups (broad SMARTS) is 1. The SMILES string of the molecule is O=C(O)COc1cccc(/C=N/N=C2\NC(=O)C(CC(=O)Nc3ccccc3)S2)c1. The number of carboxylic acids is 1. The van der Waals surface area contributed by atoms with E-state index in [1.54, 1.807) is 36.4 Å². The standard InChI is InChI=1S/C20H18N4O5S/c25-17(22-14-6-2-1-3-7-14)10-16-19(28)23-20(30-16)24-21-11-13-5-4-8-15(9-13)29-12-18(26)27/h1-9,11,16H,10,12H2,(H,22,25)(H,26,27)(H,23,24,28)/b21-11+. The topological polar surface area (TPSA) is 129 Å². The van der Waals surface area contributed by atoms with Crippen LogP contribution in [0, 0.1) is 0 Å². The molecule has 2 aromatic carbocycles. The molecule has 10 heteroatoms. The molecule has 0 aromatic heterocycles. The van der Waals surface area contributed by atoms with Gasteiger partial charge in [0.05, 0.1) is 6.21 Å². The molecule has 9 nitrogen and oxygen atoms in total. The first-order chi connectivity index (χ1) is 14.5. The van der Waals surface area contributed by atoms with Gasteiger partial charge in [-0.25, -0.2) is 4.79 Å². The van der Waals surface area contributed by atoms with Crippen molar-refractivity contribution in [3.63, 3.8) is 0 Å². The van der Waals surface area contributed by atoms with Crippen LogP contribution in [0.25, 0.3) is 0 Å². The van der Waals surface area contributed by atoms with Gasteiger partial charge in [0, 0.05) is 12.1 Å². The van der Waals surface area contributed by atoms with Crippen molar-refractivity contribution in [3.05, 3.63) is 60.2 Å². The number of aliphatic carboxylic acids is 1. The average Bonchev–Trinajstić information content (AvgIpc) is 3.06. The molecule has 1 fully saturated rings. The second-order valence-corrected chi connectivity index (χ2v) is 7.31. The van der Waals surface area contributed by atoms with Crippen LogP contribution in [0.15, 0.2) is 64.8 Å². The Labute approximate surface area is 176 Å². The Morgan fingerprint density at radius 2 is 2.00 bits per heavy atom. The maximum Gasteiger partial charge on any atom is 0.341 e. The van der Waals surface area contributed by atoms with Gasteiger partial charge in [-0.05, 0) is 29.8 Å². The van der Waals surface area contributed by atoms with Crippen LogP contribution >= 0.6 is 11.8 Å². The van der Waals surface area contributed by atoms with Crippen molar-refractivity contribution in [2.75, 3.05) is 11.9 Å². The fourth-order valence-corrected chi connectivity index (χ4v) is 3.39. The molecule has 1 aliphatic rings. The van der Waals surface area contributed by atoms with E-state index in [2.05, 4.69) is 20.8 Å². The number of carbonyl (C=O) groups is 3. The van der Waals surface area contributed by atoms with Gasteiger partial charge in [0.15, 0.2) is 11.8 Å². The number of hydrogen-bond acceptors (Lipinski definition) is 7. The zero-order valence-electron chi connectivity index (χ0n) is 15.6. The van der Waals surface area contributed by atoms with Crippen LogP contribution in [0.2, 0.25) is 0 Å². The number of benzene rings is 2. The molecule has 154 valence electrons. The van der Waals surface area contributed by atoms with Gasteiger partial charge in [-0.15, -0.1) is 5.10 Å². The van der Waals surface area contributed by atoms with Gasteiger partial charge >= 0.3 is 5.97 Å². The molecule has 1 unspecified atom stereocenters. The number of nitrogens with one attached hydrogen (secondary N) is 2. The number of thioether (sulfide) groups is 1. The van der Waals surface area contributed by atoms with Crippen LogP contribution in [-0.4, -0.2) is 46.1 Å². The number of amidine groups is 1. The zero-order valence-corrected chi connectivity index (χ0v) is 16.5. The minimum atomic E-state index is -1.07. The second kappa shape index (κ2) is 10.2. The van der Waals surface area contributed by atoms with E-state index in [4.69, 9.17) is 9.84 Å². The van der Waals surface area contributed by atoms with Crippen molar-refractivity contribution >= 4 is 46.6 Å². The number of nitrogens with zero attached hydrogens (tertiary/aromatic N) is 2. The molecule has 0 aliphatic carbocycles. The zero-order chi connectivity index (χ0) is 21.3. The van der Waals surface area contributed by atoms with Crippen LogP contribution in [0.3, 0.4) is 0 Å². The van der Waals surface area contributed by atoms with Gasteiger partial charge in [0.25, 0.3) is 0 Å². The maximum absolute atomic E-state index is 12.1. The monoisotopic (exact) mass is 426 g/mol. The Hall–Kier alpha value is -3.66. The third-order valence-corrected chi connectivity index (χ3v) is 4.85. The summed E-state index contributed by atoms with van der Waals surface area (Å²) in [6.45, 7) is -0.440. The van der Waals surface area contributed by atoms with Gasteiger partial charge in [0.2, 0.25) is 11.8 Å². The average molecular weight is 426 g/mol. The van der Waals surface area contributed by atoms with Crippen molar-refractivity contribution < 1.29 is 24.2 Å². The number of amides is 2. The smallest absolute Gasteiger partial charge is 0.341 e. The predicted octanol–water partition coefficient (Wildman–Crippen LogP) is 2.10. The van der Waals surface area contributed by atoms with E-state index >= 15 is 0 Å². The first-order valence-electron chi connectivity index (χ1n) is 8.88. The van der Waals surface area contributed by atoms with Gasteiger partial charge in [0.1, 0.15) is 11.0 Å². The highest BCUT2D eigenvalue weighted by Gasteiger charge is 2.32. The number of anilines is 1. The van der Waals surface area contributed by atoms with Crippen molar-refractivity contribution in [1.29, 1.82) is 0 Å². The molecule has 0 radical (unpaired) electrons. The molecule has 1 aliphatic heterocycles. The summed E-state index contributed by atoms with van der Waals surface area (Å²) in [5.74, 6) is -1.25. The summed E-state index contributed by atoms with van der Waals surface area (Å²) in [5.41, 5.74) is 1.31. The van der Waals surface area contributed by atoms with Gasteiger partial charge in [-0.2, -0.15) is 5.10 Å². The summed E-state index contributed by atoms with van der Waals surface area (Å²) < 4.78 is 5.10. The summed E-state index contributed by atoms with van der Waals surface area (Å²) in [6, 6.07) is 15.7. The van der Waals surface area contributed by atoms with E-state index in [9.17, 15) is 14.4 Å². The number of para-hydroxylation sites is 1. The Morgan fingerprint density at radius 3 is 2.77 bits per heavy atom. The van der Waals surface area contributed by atoms with Gasteiger partial charge in [-0.3, -0.25) is 9.59 Å². The van der Waals surface area contributed by atoms with Crippen molar-refractivity contribution in [2.45, 2.75) is 11.7 Å². The Kier molecular flexibility index (Phi) is 7.17. The molecule has 1 atom stereocenters. The number of rotatable bonds is 8. The Bertz CT molecular complexity index is 994. The lowest BCUT2D eigenvalue weighted by Gasteiger charge is -2.06. The van der Waals surface area contributed by atoms with Crippen LogP contribution in [0.1, 0.15) is 12.0 Å². The summed E-state index contributed by atoms with van der Waals surface area (Å²) in [6.07, 6.45) is 1.46. The third-order valence-electron chi connectivity index (χ3n) is 3.78. The maximum atomic E-state index is 12.1. The Morgan fingerprint density at radius 1 is 1.20 bits per heavy atom. The molecule has 3 N–H and O–H groups in total. The first kappa shape index (κ1) is 21.1. The van der Waals surface area contributed by atoms with Crippen molar-refractivity contribution in [1.82, 2.24) is 5.32 Å². The number of ether oxygens (including phenoxy) is 1. The summed E-state index contributed by atoms with van der Waals surface area (Å²) >= 11 is 1.13. The molecule has 0 bridgehead atoms. The molecule has 1 saturated heterocycles. The van der Waals surface area contributed by atoms with Crippen LogP contribution in [-0.2, 0) is 14.4 Å². The van der Waals surface area contributed by atoms with Crippen molar-refractivity contribution in [3.8, 4) is 5.75 Å². The minimum Gasteiger partial charge on any atom is -0.482 e. The van der Waals surface area contributed by atoms with Gasteiger partial charge < -0.3 is 20.5 Å². The predicted molar refractivity (Wildman–Crippen MR) is 114 cm³/mol. The highest BCUT2D eigenvalue weighted by molar-refractivity contribution is 8.15. The van der Waals surface area contributed by atoms with E-state index in [1.807, 2.05) is 18.2 Å². The molecule has 2 aromatic rings. The lowest BCUT2D eigenvalue weighted by Crippen LogP contribution is -2.28. The molecular formula is C20H18N4O5S. The quantitative estimate of drug-likeness (QED) is 0.438. The number of hydrogen-bond donors (Lipinski definition) is 3. The Balaban J connectivity index is 1.53. The van der Waals surface area contributed by atoms with E-state index in [0.717, 1.165) is 11.8 Å². The second-order valence-electron chi connectivity index (χ2n) is 6.12. The minimum absolute atomic E-state index is 0.0110. The lowest BCUT2D eigenvalue weighted by molar-refractivity contribution is -0.139. The summed E-state index contributed by atoms with van der Waals surface area (Å²) in [7, 11) is 0. The van der Waals surface area contributed by atoms with Crippen LogP contribution in [0.4, 0.5) is 5.69 Å². The molecule has 0 saturated carbocycles. The van der Waals surface area contributed by atoms with E-state index in [-0.39, 0.29) is 18.2 Å². The molecule has 30 heavy (non-hydrogen) atoms. The van der Waals surface area contributed by atoms with Crippen LogP contribution < -0.4 is 15.4 Å². The molecule has 0 spiro atoms. The molecule has 3 rings (SSSR count). The van der Waals surface area contributed by atoms with Crippen LogP contribution in [0.5, 0.6) is 5.75 Å². The summed E-state index contributed by atoms with van der Waals surface area (Å²) in [5, 5.41) is 21.6. The largest absolute Gasteiger partial charge is 0.482 e. The van der Waals surface area contributed by atoms with Gasteiger partial charge in [-0.1, -0.05) is 42.1 Å². The first-order valence-corrected chi connectivity index (χ1v) is 9.75. The highest BCUT2D eigenvalue weighted by Crippen LogP contribution is 2.23. The summed E-state index contributed by atoms with van der Waals surface area (Å²) in [4.78, 5) is 34.7.